The van der Waals surface area contributed by atoms with Crippen molar-refractivity contribution in [2.45, 2.75) is 32.7 Å². The summed E-state index contributed by atoms with van der Waals surface area (Å²) in [6.45, 7) is 12.3. The number of benzene rings is 1. The molecule has 1 N–H and O–H groups in total. The molecule has 0 amide bonds. The van der Waals surface area contributed by atoms with E-state index >= 15 is 0 Å². The smallest absolute Gasteiger partial charge is 0.193 e. The molecule has 2 aliphatic rings. The van der Waals surface area contributed by atoms with Gasteiger partial charge >= 0.3 is 0 Å². The van der Waals surface area contributed by atoms with E-state index in [-0.39, 0.29) is 24.0 Å². The van der Waals surface area contributed by atoms with Gasteiger partial charge in [0.25, 0.3) is 0 Å². The van der Waals surface area contributed by atoms with Gasteiger partial charge in [0.1, 0.15) is 0 Å². The molecule has 0 radical (unpaired) electrons. The number of likely N-dealkylation sites (N-methyl/N-ethyl adjacent to an activating group) is 1. The summed E-state index contributed by atoms with van der Waals surface area (Å²) in [6, 6.07) is 4.22. The first kappa shape index (κ1) is 26.0. The second-order valence-electron chi connectivity index (χ2n) is 8.10. The van der Waals surface area contributed by atoms with Crippen LogP contribution in [-0.4, -0.2) is 94.3 Å². The molecule has 2 heterocycles. The summed E-state index contributed by atoms with van der Waals surface area (Å²) in [5.41, 5.74) is 2.62. The van der Waals surface area contributed by atoms with Gasteiger partial charge in [0, 0.05) is 52.9 Å². The highest BCUT2D eigenvalue weighted by atomic mass is 127. The first-order valence-electron chi connectivity index (χ1n) is 11.3. The Morgan fingerprint density at radius 1 is 0.968 bits per heavy atom. The molecule has 1 fully saturated rings. The Kier molecular flexibility index (Phi) is 11.2. The van der Waals surface area contributed by atoms with E-state index in [4.69, 9.17) is 9.47 Å². The minimum absolute atomic E-state index is 0. The van der Waals surface area contributed by atoms with Crippen molar-refractivity contribution in [3.8, 4) is 11.5 Å². The molecule has 8 heteroatoms. The van der Waals surface area contributed by atoms with Gasteiger partial charge in [-0.05, 0) is 55.6 Å². The van der Waals surface area contributed by atoms with Gasteiger partial charge in [-0.15, -0.1) is 24.0 Å². The zero-order valence-electron chi connectivity index (χ0n) is 19.7. The Labute approximate surface area is 205 Å². The van der Waals surface area contributed by atoms with Crippen molar-refractivity contribution in [2.75, 3.05) is 73.6 Å². The summed E-state index contributed by atoms with van der Waals surface area (Å²) in [5, 5.41) is 3.57. The molecule has 0 aliphatic carbocycles. The standard InChI is InChI=1S/C23H39N5O2.HI/c1-5-26-12-14-27(15-13-26)10-7-6-9-25-23(24-2)28-11-8-19-16-21(29-3)22(30-4)17-20(19)18-28;/h16-17H,5-15,18H2,1-4H3,(H,24,25);1H. The first-order chi connectivity index (χ1) is 14.7. The van der Waals surface area contributed by atoms with E-state index in [1.54, 1.807) is 14.2 Å². The van der Waals surface area contributed by atoms with Gasteiger partial charge < -0.3 is 29.5 Å². The Morgan fingerprint density at radius 2 is 1.61 bits per heavy atom. The number of hydrogen-bond acceptors (Lipinski definition) is 5. The van der Waals surface area contributed by atoms with E-state index in [9.17, 15) is 0 Å². The average molecular weight is 546 g/mol. The molecule has 0 aromatic heterocycles. The third-order valence-corrected chi connectivity index (χ3v) is 6.33. The molecule has 0 spiro atoms. The molecule has 0 saturated carbocycles. The fourth-order valence-electron chi connectivity index (χ4n) is 4.39. The average Bonchev–Trinajstić information content (AvgIpc) is 2.80. The van der Waals surface area contributed by atoms with Gasteiger partial charge in [-0.25, -0.2) is 0 Å². The third-order valence-electron chi connectivity index (χ3n) is 6.33. The van der Waals surface area contributed by atoms with Crippen LogP contribution in [0.2, 0.25) is 0 Å². The van der Waals surface area contributed by atoms with Crippen LogP contribution in [0.3, 0.4) is 0 Å². The lowest BCUT2D eigenvalue weighted by atomic mass is 9.99. The molecule has 176 valence electrons. The summed E-state index contributed by atoms with van der Waals surface area (Å²) >= 11 is 0. The fourth-order valence-corrected chi connectivity index (χ4v) is 4.39. The number of unbranched alkanes of at least 4 members (excludes halogenated alkanes) is 1. The SMILES string of the molecule is CCN1CCN(CCCCNC(=NC)N2CCc3cc(OC)c(OC)cc3C2)CC1.I. The molecule has 1 saturated heterocycles. The normalized spacial score (nSPS) is 17.7. The quantitative estimate of drug-likeness (QED) is 0.235. The van der Waals surface area contributed by atoms with Crippen molar-refractivity contribution >= 4 is 29.9 Å². The van der Waals surface area contributed by atoms with Gasteiger partial charge in [0.05, 0.1) is 14.2 Å². The van der Waals surface area contributed by atoms with E-state index in [1.807, 2.05) is 7.05 Å². The largest absolute Gasteiger partial charge is 0.493 e. The topological polar surface area (TPSA) is 52.6 Å². The van der Waals surface area contributed by atoms with E-state index in [2.05, 4.69) is 44.1 Å². The lowest BCUT2D eigenvalue weighted by Crippen LogP contribution is -2.46. The second-order valence-corrected chi connectivity index (χ2v) is 8.10. The lowest BCUT2D eigenvalue weighted by Gasteiger charge is -2.34. The van der Waals surface area contributed by atoms with Crippen LogP contribution in [0.4, 0.5) is 0 Å². The Bertz CT molecular complexity index is 707. The third kappa shape index (κ3) is 7.12. The van der Waals surface area contributed by atoms with Crippen LogP contribution in [-0.2, 0) is 13.0 Å². The van der Waals surface area contributed by atoms with Gasteiger partial charge in [0.15, 0.2) is 17.5 Å². The highest BCUT2D eigenvalue weighted by molar-refractivity contribution is 14.0. The molecular formula is C23H40IN5O2. The molecule has 3 rings (SSSR count). The van der Waals surface area contributed by atoms with Crippen LogP contribution in [0, 0.1) is 0 Å². The van der Waals surface area contributed by atoms with Crippen molar-refractivity contribution in [3.63, 3.8) is 0 Å². The molecule has 31 heavy (non-hydrogen) atoms. The monoisotopic (exact) mass is 545 g/mol. The number of methoxy groups -OCH3 is 2. The Hall–Kier alpha value is -1.26. The predicted octanol–water partition coefficient (Wildman–Crippen LogP) is 2.67. The molecule has 1 aromatic rings. The number of nitrogens with one attached hydrogen (secondary N) is 1. The zero-order valence-corrected chi connectivity index (χ0v) is 22.0. The molecular weight excluding hydrogens is 505 g/mol. The maximum absolute atomic E-state index is 5.48. The number of nitrogens with zero attached hydrogens (tertiary/aromatic N) is 4. The molecule has 0 atom stereocenters. The summed E-state index contributed by atoms with van der Waals surface area (Å²) in [6.07, 6.45) is 3.39. The lowest BCUT2D eigenvalue weighted by molar-refractivity contribution is 0.136. The number of aliphatic imine (C=N–C) groups is 1. The molecule has 0 bridgehead atoms. The van der Waals surface area contributed by atoms with E-state index in [1.165, 1.54) is 63.2 Å². The van der Waals surface area contributed by atoms with Crippen molar-refractivity contribution in [3.05, 3.63) is 23.3 Å². The number of guanidine groups is 1. The zero-order chi connectivity index (χ0) is 21.3. The van der Waals surface area contributed by atoms with Crippen molar-refractivity contribution in [2.24, 2.45) is 4.99 Å². The minimum atomic E-state index is 0. The summed E-state index contributed by atoms with van der Waals surface area (Å²) in [4.78, 5) is 12.0. The van der Waals surface area contributed by atoms with Crippen molar-refractivity contribution < 1.29 is 9.47 Å². The van der Waals surface area contributed by atoms with Crippen LogP contribution >= 0.6 is 24.0 Å². The maximum atomic E-state index is 5.48. The summed E-state index contributed by atoms with van der Waals surface area (Å²) < 4.78 is 10.9. The number of halogens is 1. The summed E-state index contributed by atoms with van der Waals surface area (Å²) in [7, 11) is 5.25. The van der Waals surface area contributed by atoms with E-state index in [0.717, 1.165) is 43.5 Å². The minimum Gasteiger partial charge on any atom is -0.493 e. The maximum Gasteiger partial charge on any atom is 0.193 e. The number of fused-ring (bicyclic) bond motifs is 1. The van der Waals surface area contributed by atoms with Crippen molar-refractivity contribution in [1.82, 2.24) is 20.0 Å². The highest BCUT2D eigenvalue weighted by Gasteiger charge is 2.21. The summed E-state index contributed by atoms with van der Waals surface area (Å²) in [5.74, 6) is 2.59. The van der Waals surface area contributed by atoms with Crippen LogP contribution in [0.15, 0.2) is 17.1 Å². The predicted molar refractivity (Wildman–Crippen MR) is 138 cm³/mol. The number of rotatable bonds is 8. The number of piperazine rings is 1. The Balaban J connectivity index is 0.00000341. The van der Waals surface area contributed by atoms with Crippen molar-refractivity contribution in [1.29, 1.82) is 0 Å². The molecule has 7 nitrogen and oxygen atoms in total. The Morgan fingerprint density at radius 3 is 2.23 bits per heavy atom. The van der Waals surface area contributed by atoms with E-state index in [0.29, 0.717) is 0 Å². The number of hydrogen-bond donors (Lipinski definition) is 1. The van der Waals surface area contributed by atoms with Gasteiger partial charge in [-0.1, -0.05) is 6.92 Å². The molecule has 0 unspecified atom stereocenters. The molecule has 2 aliphatic heterocycles. The van der Waals surface area contributed by atoms with Gasteiger partial charge in [-0.2, -0.15) is 0 Å². The highest BCUT2D eigenvalue weighted by Crippen LogP contribution is 2.33. The van der Waals surface area contributed by atoms with Crippen LogP contribution in [0.5, 0.6) is 11.5 Å². The first-order valence-corrected chi connectivity index (χ1v) is 11.3. The number of ether oxygens (including phenoxy) is 2. The van der Waals surface area contributed by atoms with Crippen LogP contribution in [0.25, 0.3) is 0 Å². The van der Waals surface area contributed by atoms with E-state index < -0.39 is 0 Å². The van der Waals surface area contributed by atoms with Gasteiger partial charge in [0.2, 0.25) is 0 Å². The fraction of sp³-hybridized carbons (Fsp3) is 0.696. The molecule has 1 aromatic carbocycles. The van der Waals surface area contributed by atoms with Crippen LogP contribution < -0.4 is 14.8 Å². The van der Waals surface area contributed by atoms with Gasteiger partial charge in [-0.3, -0.25) is 4.99 Å². The van der Waals surface area contributed by atoms with Crippen LogP contribution in [0.1, 0.15) is 30.9 Å². The second kappa shape index (κ2) is 13.3.